The first kappa shape index (κ1) is 14.3. The van der Waals surface area contributed by atoms with Crippen LogP contribution in [0.25, 0.3) is 0 Å². The van der Waals surface area contributed by atoms with Crippen molar-refractivity contribution >= 4 is 21.5 Å². The quantitative estimate of drug-likeness (QED) is 0.906. The molecule has 106 valence electrons. The molecule has 0 saturated heterocycles. The molecular formula is C14H17N3O2S. The summed E-state index contributed by atoms with van der Waals surface area (Å²) in [5.74, 6) is 0.196. The van der Waals surface area contributed by atoms with Gasteiger partial charge in [-0.3, -0.25) is 4.72 Å². The Morgan fingerprint density at radius 1 is 1.15 bits per heavy atom. The Hall–Kier alpha value is -2.08. The number of pyridine rings is 1. The molecule has 0 radical (unpaired) electrons. The van der Waals surface area contributed by atoms with Crippen LogP contribution in [-0.4, -0.2) is 13.4 Å². The lowest BCUT2D eigenvalue weighted by atomic mass is 10.0. The molecule has 3 N–H and O–H groups in total. The number of para-hydroxylation sites is 1. The Balaban J connectivity index is 2.42. The Morgan fingerprint density at radius 2 is 1.85 bits per heavy atom. The molecule has 5 nitrogen and oxygen atoms in total. The van der Waals surface area contributed by atoms with Gasteiger partial charge in [0.05, 0.1) is 5.69 Å². The summed E-state index contributed by atoms with van der Waals surface area (Å²) >= 11 is 0. The number of nitrogens with zero attached hydrogens (tertiary/aromatic N) is 1. The third kappa shape index (κ3) is 2.91. The van der Waals surface area contributed by atoms with Crippen molar-refractivity contribution in [2.24, 2.45) is 0 Å². The van der Waals surface area contributed by atoms with Crippen LogP contribution in [0, 0.1) is 0 Å². The van der Waals surface area contributed by atoms with Gasteiger partial charge in [0.15, 0.2) is 0 Å². The molecule has 0 spiro atoms. The van der Waals surface area contributed by atoms with E-state index in [4.69, 9.17) is 5.73 Å². The van der Waals surface area contributed by atoms with E-state index in [0.717, 1.165) is 5.56 Å². The number of nitrogens with two attached hydrogens (primary N) is 1. The molecule has 1 aromatic heterocycles. The van der Waals surface area contributed by atoms with Crippen molar-refractivity contribution < 1.29 is 8.42 Å². The SMILES string of the molecule is CC(C)c1ccccc1NS(=O)(=O)c1cccnc1N. The lowest BCUT2D eigenvalue weighted by molar-refractivity contribution is 0.601. The molecule has 0 fully saturated rings. The normalized spacial score (nSPS) is 11.6. The van der Waals surface area contributed by atoms with Crippen LogP contribution in [0.2, 0.25) is 0 Å². The summed E-state index contributed by atoms with van der Waals surface area (Å²) in [5.41, 5.74) is 7.12. The maximum absolute atomic E-state index is 12.4. The third-order valence-electron chi connectivity index (χ3n) is 2.92. The summed E-state index contributed by atoms with van der Waals surface area (Å²) in [6, 6.07) is 10.3. The van der Waals surface area contributed by atoms with Gasteiger partial charge in [-0.1, -0.05) is 32.0 Å². The highest BCUT2D eigenvalue weighted by atomic mass is 32.2. The average molecular weight is 291 g/mol. The topological polar surface area (TPSA) is 85.1 Å². The van der Waals surface area contributed by atoms with Gasteiger partial charge in [-0.05, 0) is 29.7 Å². The summed E-state index contributed by atoms with van der Waals surface area (Å²) in [4.78, 5) is 3.79. The minimum Gasteiger partial charge on any atom is -0.383 e. The van der Waals surface area contributed by atoms with Crippen LogP contribution in [-0.2, 0) is 10.0 Å². The van der Waals surface area contributed by atoms with E-state index >= 15 is 0 Å². The molecule has 2 rings (SSSR count). The van der Waals surface area contributed by atoms with E-state index in [1.165, 1.54) is 12.3 Å². The van der Waals surface area contributed by atoms with Crippen molar-refractivity contribution in [2.75, 3.05) is 10.5 Å². The van der Waals surface area contributed by atoms with Crippen molar-refractivity contribution in [3.05, 3.63) is 48.2 Å². The van der Waals surface area contributed by atoms with Crippen LogP contribution >= 0.6 is 0 Å². The molecule has 0 atom stereocenters. The van der Waals surface area contributed by atoms with Crippen molar-refractivity contribution in [1.82, 2.24) is 4.98 Å². The van der Waals surface area contributed by atoms with E-state index in [0.29, 0.717) is 5.69 Å². The van der Waals surface area contributed by atoms with E-state index in [-0.39, 0.29) is 16.6 Å². The number of anilines is 2. The minimum atomic E-state index is -3.74. The van der Waals surface area contributed by atoms with Crippen molar-refractivity contribution in [3.8, 4) is 0 Å². The minimum absolute atomic E-state index is 0.0120. The zero-order valence-electron chi connectivity index (χ0n) is 11.4. The Bertz CT molecular complexity index is 712. The van der Waals surface area contributed by atoms with E-state index < -0.39 is 10.0 Å². The van der Waals surface area contributed by atoms with Crippen LogP contribution < -0.4 is 10.5 Å². The Labute approximate surface area is 118 Å². The number of sulfonamides is 1. The number of rotatable bonds is 4. The third-order valence-corrected chi connectivity index (χ3v) is 4.33. The first-order chi connectivity index (χ1) is 9.42. The molecule has 0 bridgehead atoms. The van der Waals surface area contributed by atoms with Gasteiger partial charge in [-0.15, -0.1) is 0 Å². The fraction of sp³-hybridized carbons (Fsp3) is 0.214. The van der Waals surface area contributed by atoms with Gasteiger partial charge >= 0.3 is 0 Å². The van der Waals surface area contributed by atoms with Crippen LogP contribution in [0.15, 0.2) is 47.5 Å². The lowest BCUT2D eigenvalue weighted by Crippen LogP contribution is -2.16. The maximum Gasteiger partial charge on any atom is 0.265 e. The summed E-state index contributed by atoms with van der Waals surface area (Å²) in [6.07, 6.45) is 1.45. The van der Waals surface area contributed by atoms with E-state index in [1.54, 1.807) is 18.2 Å². The van der Waals surface area contributed by atoms with Crippen molar-refractivity contribution in [2.45, 2.75) is 24.7 Å². The zero-order valence-corrected chi connectivity index (χ0v) is 12.2. The summed E-state index contributed by atoms with van der Waals surface area (Å²) < 4.78 is 27.3. The number of nitrogens with one attached hydrogen (secondary N) is 1. The molecule has 6 heteroatoms. The monoisotopic (exact) mass is 291 g/mol. The highest BCUT2D eigenvalue weighted by molar-refractivity contribution is 7.92. The van der Waals surface area contributed by atoms with E-state index in [9.17, 15) is 8.42 Å². The summed E-state index contributed by atoms with van der Waals surface area (Å²) in [5, 5.41) is 0. The predicted octanol–water partition coefficient (Wildman–Crippen LogP) is 2.59. The van der Waals surface area contributed by atoms with Crippen LogP contribution in [0.4, 0.5) is 11.5 Å². The van der Waals surface area contributed by atoms with E-state index in [2.05, 4.69) is 9.71 Å². The molecule has 0 aliphatic carbocycles. The molecule has 0 aliphatic heterocycles. The molecule has 0 aliphatic rings. The van der Waals surface area contributed by atoms with Crippen LogP contribution in [0.3, 0.4) is 0 Å². The number of nitrogen functional groups attached to an aromatic ring is 1. The highest BCUT2D eigenvalue weighted by Gasteiger charge is 2.19. The molecule has 2 aromatic rings. The second-order valence-corrected chi connectivity index (χ2v) is 6.39. The Kier molecular flexibility index (Phi) is 3.94. The summed E-state index contributed by atoms with van der Waals surface area (Å²) in [6.45, 7) is 4.01. The van der Waals surface area contributed by atoms with Gasteiger partial charge in [0, 0.05) is 6.20 Å². The Morgan fingerprint density at radius 3 is 2.50 bits per heavy atom. The molecule has 20 heavy (non-hydrogen) atoms. The zero-order chi connectivity index (χ0) is 14.8. The van der Waals surface area contributed by atoms with Gasteiger partial charge in [-0.2, -0.15) is 0 Å². The van der Waals surface area contributed by atoms with Gasteiger partial charge in [0.1, 0.15) is 10.7 Å². The van der Waals surface area contributed by atoms with Gasteiger partial charge in [0.25, 0.3) is 10.0 Å². The first-order valence-corrected chi connectivity index (χ1v) is 7.72. The smallest absolute Gasteiger partial charge is 0.265 e. The van der Waals surface area contributed by atoms with Gasteiger partial charge < -0.3 is 5.73 Å². The number of aromatic nitrogens is 1. The second kappa shape index (κ2) is 5.50. The molecule has 1 aromatic carbocycles. The van der Waals surface area contributed by atoms with E-state index in [1.807, 2.05) is 26.0 Å². The number of hydrogen-bond acceptors (Lipinski definition) is 4. The number of benzene rings is 1. The largest absolute Gasteiger partial charge is 0.383 e. The summed E-state index contributed by atoms with van der Waals surface area (Å²) in [7, 11) is -3.74. The molecular weight excluding hydrogens is 274 g/mol. The molecule has 0 saturated carbocycles. The van der Waals surface area contributed by atoms with Crippen molar-refractivity contribution in [3.63, 3.8) is 0 Å². The van der Waals surface area contributed by atoms with Crippen LogP contribution in [0.5, 0.6) is 0 Å². The molecule has 0 amide bonds. The van der Waals surface area contributed by atoms with Crippen LogP contribution in [0.1, 0.15) is 25.3 Å². The fourth-order valence-electron chi connectivity index (χ4n) is 1.92. The van der Waals surface area contributed by atoms with Gasteiger partial charge in [-0.25, -0.2) is 13.4 Å². The number of hydrogen-bond donors (Lipinski definition) is 2. The maximum atomic E-state index is 12.4. The predicted molar refractivity (Wildman–Crippen MR) is 80.0 cm³/mol. The average Bonchev–Trinajstić information content (AvgIpc) is 2.39. The molecule has 0 unspecified atom stereocenters. The standard InChI is InChI=1S/C14H17N3O2S/c1-10(2)11-6-3-4-7-12(11)17-20(18,19)13-8-5-9-16-14(13)15/h3-10,17H,1-2H3,(H2,15,16). The second-order valence-electron chi connectivity index (χ2n) is 4.73. The first-order valence-electron chi connectivity index (χ1n) is 6.24. The van der Waals surface area contributed by atoms with Crippen molar-refractivity contribution in [1.29, 1.82) is 0 Å². The lowest BCUT2D eigenvalue weighted by Gasteiger charge is -2.15. The highest BCUT2D eigenvalue weighted by Crippen LogP contribution is 2.27. The fourth-order valence-corrected chi connectivity index (χ4v) is 3.09. The van der Waals surface area contributed by atoms with Gasteiger partial charge in [0.2, 0.25) is 0 Å². The molecule has 1 heterocycles.